The second-order valence-corrected chi connectivity index (χ2v) is 3.50. The highest BCUT2D eigenvalue weighted by atomic mass is 16.3. The zero-order valence-corrected chi connectivity index (χ0v) is 7.87. The van der Waals surface area contributed by atoms with E-state index in [0.29, 0.717) is 6.42 Å². The van der Waals surface area contributed by atoms with Gasteiger partial charge in [-0.1, -0.05) is 6.07 Å². The molecule has 4 heteroatoms. The minimum absolute atomic E-state index is 0.657. The van der Waals surface area contributed by atoms with Crippen molar-refractivity contribution in [3.8, 4) is 0 Å². The van der Waals surface area contributed by atoms with Crippen LogP contribution in [0, 0.1) is 0 Å². The maximum absolute atomic E-state index is 9.73. The summed E-state index contributed by atoms with van der Waals surface area (Å²) in [6, 6.07) is 5.54. The Morgan fingerprint density at radius 1 is 1.36 bits per heavy atom. The molecule has 2 unspecified atom stereocenters. The van der Waals surface area contributed by atoms with Crippen LogP contribution in [-0.2, 0) is 0 Å². The zero-order chi connectivity index (χ0) is 9.97. The van der Waals surface area contributed by atoms with Gasteiger partial charge in [0.25, 0.3) is 0 Å². The molecule has 1 aliphatic rings. The summed E-state index contributed by atoms with van der Waals surface area (Å²) in [5.74, 6) is 0.721. The molecule has 76 valence electrons. The maximum atomic E-state index is 9.73. The molecule has 2 heterocycles. The van der Waals surface area contributed by atoms with E-state index < -0.39 is 12.3 Å². The van der Waals surface area contributed by atoms with Crippen LogP contribution in [0.3, 0.4) is 0 Å². The molecule has 0 aromatic carbocycles. The molecule has 2 N–H and O–H groups in total. The van der Waals surface area contributed by atoms with Gasteiger partial charge in [0.2, 0.25) is 0 Å². The van der Waals surface area contributed by atoms with E-state index in [9.17, 15) is 10.2 Å². The highest BCUT2D eigenvalue weighted by Gasteiger charge is 2.28. The van der Waals surface area contributed by atoms with Crippen molar-refractivity contribution in [2.24, 2.45) is 0 Å². The lowest BCUT2D eigenvalue weighted by molar-refractivity contribution is -0.00225. The van der Waals surface area contributed by atoms with Gasteiger partial charge in [-0.25, -0.2) is 4.98 Å². The van der Waals surface area contributed by atoms with Gasteiger partial charge in [-0.3, -0.25) is 0 Å². The van der Waals surface area contributed by atoms with Crippen LogP contribution in [0.15, 0.2) is 24.4 Å². The fraction of sp³-hybridized carbons (Fsp3) is 0.500. The largest absolute Gasteiger partial charge is 0.388 e. The first-order chi connectivity index (χ1) is 6.79. The van der Waals surface area contributed by atoms with Crippen molar-refractivity contribution in [3.63, 3.8) is 0 Å². The summed E-state index contributed by atoms with van der Waals surface area (Å²) < 4.78 is 0. The molecule has 2 rings (SSSR count). The highest BCUT2D eigenvalue weighted by Crippen LogP contribution is 2.21. The maximum Gasteiger partial charge on any atom is 0.154 e. The molecule has 1 aliphatic heterocycles. The summed E-state index contributed by atoms with van der Waals surface area (Å²) in [6.07, 6.45) is 1.74. The second kappa shape index (κ2) is 3.94. The Balaban J connectivity index is 2.17. The zero-order valence-electron chi connectivity index (χ0n) is 7.87. The Labute approximate surface area is 82.8 Å². The summed E-state index contributed by atoms with van der Waals surface area (Å²) >= 11 is 0. The fourth-order valence-corrected chi connectivity index (χ4v) is 1.73. The van der Waals surface area contributed by atoms with Crippen LogP contribution in [0.25, 0.3) is 0 Å². The number of nitrogens with zero attached hydrogens (tertiary/aromatic N) is 2. The first kappa shape index (κ1) is 9.43. The van der Waals surface area contributed by atoms with Crippen molar-refractivity contribution < 1.29 is 10.2 Å². The Kier molecular flexibility index (Phi) is 2.65. The van der Waals surface area contributed by atoms with E-state index in [0.717, 1.165) is 18.8 Å². The van der Waals surface area contributed by atoms with E-state index in [-0.39, 0.29) is 0 Å². The molecule has 1 aromatic rings. The molecule has 0 amide bonds. The van der Waals surface area contributed by atoms with Crippen LogP contribution in [0.1, 0.15) is 12.8 Å². The van der Waals surface area contributed by atoms with Crippen LogP contribution in [-0.4, -0.2) is 34.1 Å². The van der Waals surface area contributed by atoms with Crippen LogP contribution in [0.4, 0.5) is 5.82 Å². The predicted octanol–water partition coefficient (Wildman–Crippen LogP) is 0.361. The van der Waals surface area contributed by atoms with Crippen LogP contribution >= 0.6 is 0 Å². The molecule has 0 aliphatic carbocycles. The Morgan fingerprint density at radius 3 is 2.93 bits per heavy atom. The summed E-state index contributed by atoms with van der Waals surface area (Å²) in [4.78, 5) is 5.87. The van der Waals surface area contributed by atoms with Gasteiger partial charge < -0.3 is 15.1 Å². The molecule has 14 heavy (non-hydrogen) atoms. The van der Waals surface area contributed by atoms with Gasteiger partial charge in [-0.15, -0.1) is 0 Å². The number of aliphatic hydroxyl groups excluding tert-OH is 2. The first-order valence-electron chi connectivity index (χ1n) is 4.83. The van der Waals surface area contributed by atoms with E-state index in [4.69, 9.17) is 0 Å². The lowest BCUT2D eigenvalue weighted by atomic mass is 10.1. The molecule has 0 radical (unpaired) electrons. The lowest BCUT2D eigenvalue weighted by Crippen LogP contribution is -2.48. The molecule has 1 saturated heterocycles. The summed E-state index contributed by atoms with van der Waals surface area (Å²) in [6.45, 7) is 0.745. The van der Waals surface area contributed by atoms with E-state index >= 15 is 0 Å². The average molecular weight is 194 g/mol. The molecule has 1 fully saturated rings. The number of pyridine rings is 1. The second-order valence-electron chi connectivity index (χ2n) is 3.50. The minimum atomic E-state index is -0.821. The van der Waals surface area contributed by atoms with Gasteiger partial charge in [0, 0.05) is 12.7 Å². The van der Waals surface area contributed by atoms with E-state index in [1.165, 1.54) is 0 Å². The lowest BCUT2D eigenvalue weighted by Gasteiger charge is -2.36. The minimum Gasteiger partial charge on any atom is -0.388 e. The normalized spacial score (nSPS) is 27.7. The SMILES string of the molecule is OC1CCCN(c2ccccn2)C1O. The highest BCUT2D eigenvalue weighted by molar-refractivity contribution is 5.39. The number of anilines is 1. The van der Waals surface area contributed by atoms with Crippen molar-refractivity contribution >= 4 is 5.82 Å². The summed E-state index contributed by atoms with van der Waals surface area (Å²) in [5, 5.41) is 19.2. The Morgan fingerprint density at radius 2 is 2.21 bits per heavy atom. The third-order valence-corrected chi connectivity index (χ3v) is 2.51. The first-order valence-corrected chi connectivity index (χ1v) is 4.83. The molecule has 1 aromatic heterocycles. The molecule has 2 atom stereocenters. The fourth-order valence-electron chi connectivity index (χ4n) is 1.73. The smallest absolute Gasteiger partial charge is 0.154 e. The molecule has 0 bridgehead atoms. The van der Waals surface area contributed by atoms with Crippen molar-refractivity contribution in [2.45, 2.75) is 25.2 Å². The standard InChI is InChI=1S/C10H14N2O2/c13-8-4-3-7-12(10(8)14)9-5-1-2-6-11-9/h1-2,5-6,8,10,13-14H,3-4,7H2. The average Bonchev–Trinajstić information content (AvgIpc) is 2.23. The monoisotopic (exact) mass is 194 g/mol. The van der Waals surface area contributed by atoms with Crippen molar-refractivity contribution in [1.82, 2.24) is 4.98 Å². The summed E-state index contributed by atoms with van der Waals surface area (Å²) in [7, 11) is 0. The third kappa shape index (κ3) is 1.71. The van der Waals surface area contributed by atoms with Crippen LogP contribution in [0.5, 0.6) is 0 Å². The molecule has 0 saturated carbocycles. The van der Waals surface area contributed by atoms with Gasteiger partial charge in [0.1, 0.15) is 5.82 Å². The van der Waals surface area contributed by atoms with E-state index in [1.54, 1.807) is 11.1 Å². The Hall–Kier alpha value is -1.13. The molecular weight excluding hydrogens is 180 g/mol. The quantitative estimate of drug-likeness (QED) is 0.677. The number of piperidine rings is 1. The summed E-state index contributed by atoms with van der Waals surface area (Å²) in [5.41, 5.74) is 0. The van der Waals surface area contributed by atoms with Gasteiger partial charge in [0.15, 0.2) is 6.23 Å². The number of hydrogen-bond acceptors (Lipinski definition) is 4. The van der Waals surface area contributed by atoms with Crippen molar-refractivity contribution in [3.05, 3.63) is 24.4 Å². The number of aliphatic hydroxyl groups is 2. The van der Waals surface area contributed by atoms with Gasteiger partial charge >= 0.3 is 0 Å². The topological polar surface area (TPSA) is 56.6 Å². The van der Waals surface area contributed by atoms with E-state index in [1.807, 2.05) is 18.2 Å². The van der Waals surface area contributed by atoms with E-state index in [2.05, 4.69) is 4.98 Å². The van der Waals surface area contributed by atoms with Crippen LogP contribution < -0.4 is 4.90 Å². The predicted molar refractivity (Wildman–Crippen MR) is 52.8 cm³/mol. The molecule has 4 nitrogen and oxygen atoms in total. The number of rotatable bonds is 1. The molecule has 0 spiro atoms. The Bertz CT molecular complexity index is 291. The van der Waals surface area contributed by atoms with Crippen molar-refractivity contribution in [1.29, 1.82) is 0 Å². The third-order valence-electron chi connectivity index (χ3n) is 2.51. The van der Waals surface area contributed by atoms with Gasteiger partial charge in [-0.2, -0.15) is 0 Å². The van der Waals surface area contributed by atoms with Gasteiger partial charge in [0.05, 0.1) is 6.10 Å². The molecular formula is C10H14N2O2. The number of hydrogen-bond donors (Lipinski definition) is 2. The van der Waals surface area contributed by atoms with Crippen LogP contribution in [0.2, 0.25) is 0 Å². The van der Waals surface area contributed by atoms with Gasteiger partial charge in [-0.05, 0) is 25.0 Å². The number of aromatic nitrogens is 1. The van der Waals surface area contributed by atoms with Crippen molar-refractivity contribution in [2.75, 3.05) is 11.4 Å².